The number of carboxylic acid groups (broad SMARTS) is 1. The Hall–Kier alpha value is -1.99. The van der Waals surface area contributed by atoms with Gasteiger partial charge in [-0.1, -0.05) is 43.1 Å². The molecule has 7 nitrogen and oxygen atoms in total. The zero-order valence-electron chi connectivity index (χ0n) is 19.0. The Morgan fingerprint density at radius 2 is 1.73 bits per heavy atom. The lowest BCUT2D eigenvalue weighted by molar-refractivity contribution is -0.141. The molecule has 2 aliphatic heterocycles. The summed E-state index contributed by atoms with van der Waals surface area (Å²) in [5, 5.41) is 12.4. The van der Waals surface area contributed by atoms with E-state index in [4.69, 9.17) is 28.3 Å². The maximum atomic E-state index is 13.3. The number of nitrogens with one attached hydrogen (secondary N) is 1. The van der Waals surface area contributed by atoms with Crippen LogP contribution in [0.15, 0.2) is 18.2 Å². The van der Waals surface area contributed by atoms with Crippen molar-refractivity contribution in [2.45, 2.75) is 39.0 Å². The second kappa shape index (κ2) is 9.34. The summed E-state index contributed by atoms with van der Waals surface area (Å²) in [6.45, 7) is 6.75. The maximum Gasteiger partial charge on any atom is 0.404 e. The average molecular weight is 496 g/mol. The standard InChI is InChI=1S/C24H31Cl2N3O4/c1-24(2)10-18(24)22(31)28-7-5-14(6-8-28)21(30)29-12-16(11-27-23(32)33)17(13-29)15-3-4-19(25)20(26)9-15/h3-4,9,14,16-18,27H,5-8,10-13H2,1-2H3,(H,32,33)/t16-,17-,18?/m0/s1. The molecule has 3 fully saturated rings. The molecule has 1 unspecified atom stereocenters. The molecule has 3 aliphatic rings. The van der Waals surface area contributed by atoms with Gasteiger partial charge in [0, 0.05) is 56.4 Å². The van der Waals surface area contributed by atoms with E-state index in [9.17, 15) is 14.4 Å². The van der Waals surface area contributed by atoms with Gasteiger partial charge < -0.3 is 20.2 Å². The molecule has 3 atom stereocenters. The van der Waals surface area contributed by atoms with E-state index >= 15 is 0 Å². The van der Waals surface area contributed by atoms with Crippen LogP contribution in [0, 0.1) is 23.2 Å². The minimum Gasteiger partial charge on any atom is -0.465 e. The van der Waals surface area contributed by atoms with Gasteiger partial charge in [-0.3, -0.25) is 9.59 Å². The van der Waals surface area contributed by atoms with Crippen LogP contribution in [0.5, 0.6) is 0 Å². The Balaban J connectivity index is 1.39. The fraction of sp³-hybridized carbons (Fsp3) is 0.625. The molecule has 4 rings (SSSR count). The van der Waals surface area contributed by atoms with Crippen molar-refractivity contribution >= 4 is 41.1 Å². The zero-order valence-corrected chi connectivity index (χ0v) is 20.5. The van der Waals surface area contributed by atoms with Gasteiger partial charge in [0.2, 0.25) is 11.8 Å². The van der Waals surface area contributed by atoms with E-state index in [0.717, 1.165) is 12.0 Å². The zero-order chi connectivity index (χ0) is 23.9. The van der Waals surface area contributed by atoms with Crippen molar-refractivity contribution in [1.29, 1.82) is 0 Å². The monoisotopic (exact) mass is 495 g/mol. The second-order valence-electron chi connectivity index (χ2n) is 10.3. The summed E-state index contributed by atoms with van der Waals surface area (Å²) in [5.74, 6) is 0.248. The molecule has 1 aromatic carbocycles. The molecule has 2 N–H and O–H groups in total. The highest BCUT2D eigenvalue weighted by Gasteiger charge is 2.52. The predicted molar refractivity (Wildman–Crippen MR) is 126 cm³/mol. The lowest BCUT2D eigenvalue weighted by Gasteiger charge is -2.33. The molecule has 0 bridgehead atoms. The summed E-state index contributed by atoms with van der Waals surface area (Å²) < 4.78 is 0. The van der Waals surface area contributed by atoms with Crippen molar-refractivity contribution in [1.82, 2.24) is 15.1 Å². The molecular formula is C24H31Cl2N3O4. The molecule has 180 valence electrons. The van der Waals surface area contributed by atoms with Crippen molar-refractivity contribution in [3.8, 4) is 0 Å². The van der Waals surface area contributed by atoms with E-state index in [-0.39, 0.29) is 47.4 Å². The third-order valence-electron chi connectivity index (χ3n) is 7.61. The summed E-state index contributed by atoms with van der Waals surface area (Å²) in [6.07, 6.45) is 1.21. The Morgan fingerprint density at radius 3 is 2.30 bits per heavy atom. The third kappa shape index (κ3) is 5.24. The summed E-state index contributed by atoms with van der Waals surface area (Å²) in [5.41, 5.74) is 1.06. The van der Waals surface area contributed by atoms with E-state index in [2.05, 4.69) is 19.2 Å². The number of nitrogens with zero attached hydrogens (tertiary/aromatic N) is 2. The number of halogens is 2. The van der Waals surface area contributed by atoms with Gasteiger partial charge >= 0.3 is 6.09 Å². The van der Waals surface area contributed by atoms with Crippen molar-refractivity contribution in [3.05, 3.63) is 33.8 Å². The quantitative estimate of drug-likeness (QED) is 0.643. The lowest BCUT2D eigenvalue weighted by atomic mass is 9.89. The second-order valence-corrected chi connectivity index (χ2v) is 11.1. The van der Waals surface area contributed by atoms with Crippen LogP contribution in [0.25, 0.3) is 0 Å². The number of carbonyl (C=O) groups excluding carboxylic acids is 2. The fourth-order valence-corrected chi connectivity index (χ4v) is 5.62. The van der Waals surface area contributed by atoms with Gasteiger partial charge in [0.1, 0.15) is 0 Å². The number of likely N-dealkylation sites (tertiary alicyclic amines) is 2. The number of amides is 3. The summed E-state index contributed by atoms with van der Waals surface area (Å²) >= 11 is 12.3. The van der Waals surface area contributed by atoms with Gasteiger partial charge in [0.05, 0.1) is 10.0 Å². The van der Waals surface area contributed by atoms with Gasteiger partial charge in [0.15, 0.2) is 0 Å². The number of carbonyl (C=O) groups is 3. The number of hydrogen-bond donors (Lipinski definition) is 2. The normalized spacial score (nSPS) is 26.8. The number of rotatable bonds is 5. The topological polar surface area (TPSA) is 90.0 Å². The van der Waals surface area contributed by atoms with Crippen molar-refractivity contribution in [2.24, 2.45) is 23.2 Å². The maximum absolute atomic E-state index is 13.3. The molecule has 2 saturated heterocycles. The average Bonchev–Trinajstić information content (AvgIpc) is 3.22. The van der Waals surface area contributed by atoms with Crippen LogP contribution in [0.2, 0.25) is 10.0 Å². The van der Waals surface area contributed by atoms with Gasteiger partial charge in [-0.05, 0) is 42.4 Å². The first-order valence-electron chi connectivity index (χ1n) is 11.6. The van der Waals surface area contributed by atoms with Gasteiger partial charge in [-0.15, -0.1) is 0 Å². The van der Waals surface area contributed by atoms with Gasteiger partial charge in [0.25, 0.3) is 0 Å². The van der Waals surface area contributed by atoms with Crippen LogP contribution in [0.1, 0.15) is 44.6 Å². The Labute approximate surface area is 204 Å². The van der Waals surface area contributed by atoms with E-state index in [1.54, 1.807) is 12.1 Å². The Morgan fingerprint density at radius 1 is 1.06 bits per heavy atom. The highest BCUT2D eigenvalue weighted by atomic mass is 35.5. The number of benzene rings is 1. The third-order valence-corrected chi connectivity index (χ3v) is 8.35. The molecule has 2 heterocycles. The van der Waals surface area contributed by atoms with Gasteiger partial charge in [-0.2, -0.15) is 0 Å². The van der Waals surface area contributed by atoms with Crippen LogP contribution >= 0.6 is 23.2 Å². The van der Waals surface area contributed by atoms with Crippen molar-refractivity contribution < 1.29 is 19.5 Å². The number of piperidine rings is 1. The first-order chi connectivity index (χ1) is 15.6. The Kier molecular flexibility index (Phi) is 6.83. The SMILES string of the molecule is CC1(C)CC1C(=O)N1CCC(C(=O)N2C[C@H](CNC(=O)O)[C@H](c3ccc(Cl)c(Cl)c3)C2)CC1. The first kappa shape index (κ1) is 24.1. The minimum absolute atomic E-state index is 0.0330. The van der Waals surface area contributed by atoms with Gasteiger partial charge in [-0.25, -0.2) is 4.79 Å². The summed E-state index contributed by atoms with van der Waals surface area (Å²) in [4.78, 5) is 40.9. The molecule has 3 amide bonds. The smallest absolute Gasteiger partial charge is 0.404 e. The highest BCUT2D eigenvalue weighted by molar-refractivity contribution is 6.42. The van der Waals surface area contributed by atoms with Crippen LogP contribution in [-0.4, -0.2) is 65.5 Å². The van der Waals surface area contributed by atoms with E-state index in [1.165, 1.54) is 0 Å². The Bertz CT molecular complexity index is 946. The molecule has 0 spiro atoms. The molecule has 33 heavy (non-hydrogen) atoms. The predicted octanol–water partition coefficient (Wildman–Crippen LogP) is 4.09. The molecule has 1 aliphatic carbocycles. The molecule has 0 aromatic heterocycles. The highest BCUT2D eigenvalue weighted by Crippen LogP contribution is 2.52. The molecule has 9 heteroatoms. The van der Waals surface area contributed by atoms with Crippen LogP contribution in [0.3, 0.4) is 0 Å². The van der Waals surface area contributed by atoms with Crippen LogP contribution in [-0.2, 0) is 9.59 Å². The minimum atomic E-state index is -1.08. The van der Waals surface area contributed by atoms with E-state index < -0.39 is 6.09 Å². The van der Waals surface area contributed by atoms with Crippen LogP contribution in [0.4, 0.5) is 4.79 Å². The van der Waals surface area contributed by atoms with Crippen molar-refractivity contribution in [3.63, 3.8) is 0 Å². The van der Waals surface area contributed by atoms with Crippen LogP contribution < -0.4 is 5.32 Å². The summed E-state index contributed by atoms with van der Waals surface area (Å²) in [6, 6.07) is 5.43. The van der Waals surface area contributed by atoms with Crippen molar-refractivity contribution in [2.75, 3.05) is 32.7 Å². The first-order valence-corrected chi connectivity index (χ1v) is 12.3. The summed E-state index contributed by atoms with van der Waals surface area (Å²) in [7, 11) is 0. The molecule has 1 aromatic rings. The molecular weight excluding hydrogens is 465 g/mol. The lowest BCUT2D eigenvalue weighted by Crippen LogP contribution is -2.45. The van der Waals surface area contributed by atoms with E-state index in [1.807, 2.05) is 15.9 Å². The number of hydrogen-bond acceptors (Lipinski definition) is 3. The fourth-order valence-electron chi connectivity index (χ4n) is 5.31. The largest absolute Gasteiger partial charge is 0.465 e. The van der Waals surface area contributed by atoms with E-state index in [0.29, 0.717) is 49.1 Å². The molecule has 0 radical (unpaired) electrons. The molecule has 1 saturated carbocycles.